The molecule has 1 atom stereocenters. The number of hydrogen-bond donors (Lipinski definition) is 1. The summed E-state index contributed by atoms with van der Waals surface area (Å²) >= 11 is 0. The average Bonchev–Trinajstić information content (AvgIpc) is 2.16. The first-order chi connectivity index (χ1) is 6.61. The molecule has 1 rings (SSSR count). The summed E-state index contributed by atoms with van der Waals surface area (Å²) in [5.74, 6) is 0.218. The van der Waals surface area contributed by atoms with E-state index in [0.29, 0.717) is 5.69 Å². The predicted octanol–water partition coefficient (Wildman–Crippen LogP) is 2.25. The van der Waals surface area contributed by atoms with E-state index >= 15 is 0 Å². The Kier molecular flexibility index (Phi) is 3.62. The van der Waals surface area contributed by atoms with E-state index in [1.54, 1.807) is 18.2 Å². The monoisotopic (exact) mass is 205 g/mol. The predicted molar refractivity (Wildman–Crippen MR) is 47.2 cm³/mol. The van der Waals surface area contributed by atoms with Crippen molar-refractivity contribution in [1.82, 2.24) is 0 Å². The maximum absolute atomic E-state index is 12.4. The minimum atomic E-state index is -3.03. The van der Waals surface area contributed by atoms with Gasteiger partial charge in [-0.2, -0.15) is 0 Å². The third kappa shape index (κ3) is 2.83. The molecule has 0 aromatic heterocycles. The fourth-order valence-electron chi connectivity index (χ4n) is 0.854. The van der Waals surface area contributed by atoms with Gasteiger partial charge in [-0.25, -0.2) is 13.2 Å². The molecule has 78 valence electrons. The topological polar surface area (TPSA) is 35.2 Å². The summed E-state index contributed by atoms with van der Waals surface area (Å²) in [5.41, 5.74) is 5.75. The van der Waals surface area contributed by atoms with Crippen molar-refractivity contribution in [1.29, 1.82) is 0 Å². The minimum absolute atomic E-state index is 0.218. The highest BCUT2D eigenvalue weighted by Gasteiger charge is 2.19. The first-order valence-electron chi connectivity index (χ1n) is 4.01. The van der Waals surface area contributed by atoms with Gasteiger partial charge in [0.15, 0.2) is 6.17 Å². The van der Waals surface area contributed by atoms with Crippen LogP contribution in [0.4, 0.5) is 18.9 Å². The van der Waals surface area contributed by atoms with E-state index in [-0.39, 0.29) is 5.75 Å². The van der Waals surface area contributed by atoms with Crippen molar-refractivity contribution in [2.75, 3.05) is 12.3 Å². The Bertz CT molecular complexity index is 293. The van der Waals surface area contributed by atoms with Crippen LogP contribution in [0.15, 0.2) is 24.3 Å². The quantitative estimate of drug-likeness (QED) is 0.765. The zero-order valence-corrected chi connectivity index (χ0v) is 7.29. The lowest BCUT2D eigenvalue weighted by atomic mass is 10.3. The summed E-state index contributed by atoms with van der Waals surface area (Å²) in [6, 6.07) is 6.34. The molecular formula is C9H10F3NO. The molecule has 0 aliphatic carbocycles. The van der Waals surface area contributed by atoms with Gasteiger partial charge in [-0.15, -0.1) is 0 Å². The van der Waals surface area contributed by atoms with Crippen molar-refractivity contribution in [2.24, 2.45) is 0 Å². The fraction of sp³-hybridized carbons (Fsp3) is 0.333. The van der Waals surface area contributed by atoms with Crippen molar-refractivity contribution in [3.8, 4) is 5.75 Å². The lowest BCUT2D eigenvalue weighted by Crippen LogP contribution is -2.21. The van der Waals surface area contributed by atoms with Gasteiger partial charge in [0.2, 0.25) is 0 Å². The number of alkyl halides is 3. The molecule has 2 N–H and O–H groups in total. The second-order valence-corrected chi connectivity index (χ2v) is 2.70. The minimum Gasteiger partial charge on any atom is -0.488 e. The summed E-state index contributed by atoms with van der Waals surface area (Å²) in [7, 11) is 0. The SMILES string of the molecule is Nc1ccccc1OC[C@@H](F)C(F)F. The fourth-order valence-corrected chi connectivity index (χ4v) is 0.854. The van der Waals surface area contributed by atoms with E-state index in [1.807, 2.05) is 0 Å². The van der Waals surface area contributed by atoms with Crippen LogP contribution in [0.3, 0.4) is 0 Å². The van der Waals surface area contributed by atoms with E-state index in [9.17, 15) is 13.2 Å². The Hall–Kier alpha value is -1.39. The number of nitrogen functional groups attached to an aromatic ring is 1. The van der Waals surface area contributed by atoms with E-state index < -0.39 is 19.2 Å². The van der Waals surface area contributed by atoms with E-state index in [4.69, 9.17) is 10.5 Å². The van der Waals surface area contributed by atoms with Gasteiger partial charge in [0, 0.05) is 0 Å². The van der Waals surface area contributed by atoms with Gasteiger partial charge in [-0.05, 0) is 12.1 Å². The molecule has 0 aliphatic rings. The number of nitrogens with two attached hydrogens (primary N) is 1. The molecule has 0 fully saturated rings. The van der Waals surface area contributed by atoms with Crippen LogP contribution in [0.2, 0.25) is 0 Å². The second kappa shape index (κ2) is 4.74. The van der Waals surface area contributed by atoms with Crippen molar-refractivity contribution in [2.45, 2.75) is 12.6 Å². The number of benzene rings is 1. The number of rotatable bonds is 4. The number of para-hydroxylation sites is 2. The zero-order chi connectivity index (χ0) is 10.6. The van der Waals surface area contributed by atoms with Gasteiger partial charge >= 0.3 is 0 Å². The van der Waals surface area contributed by atoms with Gasteiger partial charge in [0.25, 0.3) is 6.43 Å². The lowest BCUT2D eigenvalue weighted by molar-refractivity contribution is 0.0233. The van der Waals surface area contributed by atoms with Gasteiger partial charge in [-0.1, -0.05) is 12.1 Å². The molecule has 0 unspecified atom stereocenters. The molecule has 0 bridgehead atoms. The van der Waals surface area contributed by atoms with Crippen LogP contribution in [0, 0.1) is 0 Å². The van der Waals surface area contributed by atoms with Gasteiger partial charge in [0.1, 0.15) is 12.4 Å². The van der Waals surface area contributed by atoms with Crippen LogP contribution in [0.1, 0.15) is 0 Å². The van der Waals surface area contributed by atoms with Crippen molar-refractivity contribution in [3.05, 3.63) is 24.3 Å². The van der Waals surface area contributed by atoms with Crippen LogP contribution >= 0.6 is 0 Å². The number of ether oxygens (including phenoxy) is 1. The largest absolute Gasteiger partial charge is 0.488 e. The summed E-state index contributed by atoms with van der Waals surface area (Å²) < 4.78 is 40.7. The Labute approximate surface area is 79.5 Å². The molecule has 0 amide bonds. The van der Waals surface area contributed by atoms with Crippen molar-refractivity contribution < 1.29 is 17.9 Å². The molecule has 1 aromatic rings. The normalized spacial score (nSPS) is 12.9. The first-order valence-corrected chi connectivity index (χ1v) is 4.01. The Balaban J connectivity index is 2.50. The van der Waals surface area contributed by atoms with Gasteiger partial charge in [0.05, 0.1) is 5.69 Å². The summed E-state index contributed by atoms with van der Waals surface area (Å²) in [6.07, 6.45) is -5.31. The third-order valence-electron chi connectivity index (χ3n) is 1.59. The van der Waals surface area contributed by atoms with Gasteiger partial charge < -0.3 is 10.5 Å². The third-order valence-corrected chi connectivity index (χ3v) is 1.59. The van der Waals surface area contributed by atoms with Gasteiger partial charge in [-0.3, -0.25) is 0 Å². The molecule has 0 radical (unpaired) electrons. The van der Waals surface area contributed by atoms with Crippen LogP contribution in [0.25, 0.3) is 0 Å². The van der Waals surface area contributed by atoms with Crippen LogP contribution in [0.5, 0.6) is 5.75 Å². The molecule has 0 spiro atoms. The summed E-state index contributed by atoms with van der Waals surface area (Å²) in [4.78, 5) is 0. The lowest BCUT2D eigenvalue weighted by Gasteiger charge is -2.10. The maximum atomic E-state index is 12.4. The molecule has 0 heterocycles. The van der Waals surface area contributed by atoms with Crippen LogP contribution in [-0.4, -0.2) is 19.2 Å². The Morgan fingerprint density at radius 2 is 1.86 bits per heavy atom. The number of anilines is 1. The standard InChI is InChI=1S/C9H10F3NO/c10-6(9(11)12)5-14-8-4-2-1-3-7(8)13/h1-4,6,9H,5,13H2/t6-/m1/s1. The Morgan fingerprint density at radius 3 is 2.43 bits per heavy atom. The van der Waals surface area contributed by atoms with E-state index in [0.717, 1.165) is 0 Å². The molecule has 0 saturated heterocycles. The average molecular weight is 205 g/mol. The maximum Gasteiger partial charge on any atom is 0.272 e. The smallest absolute Gasteiger partial charge is 0.272 e. The second-order valence-electron chi connectivity index (χ2n) is 2.70. The first kappa shape index (κ1) is 10.7. The van der Waals surface area contributed by atoms with Crippen molar-refractivity contribution >= 4 is 5.69 Å². The van der Waals surface area contributed by atoms with Crippen LogP contribution in [-0.2, 0) is 0 Å². The van der Waals surface area contributed by atoms with E-state index in [2.05, 4.69) is 0 Å². The summed E-state index contributed by atoms with van der Waals surface area (Å²) in [5, 5.41) is 0. The highest BCUT2D eigenvalue weighted by atomic mass is 19.3. The van der Waals surface area contributed by atoms with Crippen molar-refractivity contribution in [3.63, 3.8) is 0 Å². The number of halogens is 3. The highest BCUT2D eigenvalue weighted by molar-refractivity contribution is 5.51. The zero-order valence-electron chi connectivity index (χ0n) is 7.29. The molecule has 2 nitrogen and oxygen atoms in total. The molecule has 1 aromatic carbocycles. The molecular weight excluding hydrogens is 195 g/mol. The van der Waals surface area contributed by atoms with Crippen LogP contribution < -0.4 is 10.5 Å². The highest BCUT2D eigenvalue weighted by Crippen LogP contribution is 2.20. The molecule has 5 heteroatoms. The molecule has 14 heavy (non-hydrogen) atoms. The Morgan fingerprint density at radius 1 is 1.21 bits per heavy atom. The van der Waals surface area contributed by atoms with E-state index in [1.165, 1.54) is 6.07 Å². The summed E-state index contributed by atoms with van der Waals surface area (Å²) in [6.45, 7) is -0.689. The molecule has 0 aliphatic heterocycles. The molecule has 0 saturated carbocycles. The number of hydrogen-bond acceptors (Lipinski definition) is 2.